The minimum absolute atomic E-state index is 0.544. The van der Waals surface area contributed by atoms with Crippen molar-refractivity contribution in [2.45, 2.75) is 18.9 Å². The van der Waals surface area contributed by atoms with E-state index in [1.165, 1.54) is 40.1 Å². The Balaban J connectivity index is 0.00000126. The lowest BCUT2D eigenvalue weighted by Crippen LogP contribution is -2.40. The second kappa shape index (κ2) is 11.0. The molecule has 1 fully saturated rings. The predicted molar refractivity (Wildman–Crippen MR) is 116 cm³/mol. The van der Waals surface area contributed by atoms with Crippen molar-refractivity contribution in [2.24, 2.45) is 0 Å². The van der Waals surface area contributed by atoms with E-state index in [9.17, 15) is 0 Å². The molecular weight excluding hydrogens is 338 g/mol. The van der Waals surface area contributed by atoms with E-state index in [1.54, 1.807) is 0 Å². The van der Waals surface area contributed by atoms with Gasteiger partial charge in [0, 0.05) is 63.6 Å². The average Bonchev–Trinajstić information content (AvgIpc) is 2.70. The van der Waals surface area contributed by atoms with Gasteiger partial charge in [0.2, 0.25) is 0 Å². The fourth-order valence-corrected chi connectivity index (χ4v) is 3.60. The maximum atomic E-state index is 7.00. The van der Waals surface area contributed by atoms with Gasteiger partial charge in [-0.2, -0.15) is 0 Å². The molecule has 0 radical (unpaired) electrons. The molecule has 0 amide bonds. The lowest BCUT2D eigenvalue weighted by Gasteiger charge is -2.26. The summed E-state index contributed by atoms with van der Waals surface area (Å²) in [5, 5.41) is 23.4. The SMILES string of the molecule is CN/C=C(\CNC)c1cc(NC2CCNCC2)c2c(c1)=CCN(C)C=2.CO. The summed E-state index contributed by atoms with van der Waals surface area (Å²) in [7, 11) is 7.08. The van der Waals surface area contributed by atoms with Crippen molar-refractivity contribution >= 4 is 23.5 Å². The quantitative estimate of drug-likeness (QED) is 0.472. The van der Waals surface area contributed by atoms with Crippen LogP contribution in [-0.4, -0.2) is 70.5 Å². The van der Waals surface area contributed by atoms with Gasteiger partial charge in [-0.25, -0.2) is 0 Å². The lowest BCUT2D eigenvalue weighted by atomic mass is 10.00. The second-order valence-electron chi connectivity index (χ2n) is 6.96. The first-order valence-electron chi connectivity index (χ1n) is 9.71. The second-order valence-corrected chi connectivity index (χ2v) is 6.96. The topological polar surface area (TPSA) is 71.6 Å². The molecule has 2 aliphatic heterocycles. The summed E-state index contributed by atoms with van der Waals surface area (Å²) in [6, 6.07) is 5.17. The van der Waals surface area contributed by atoms with E-state index >= 15 is 0 Å². The number of hydrogen-bond donors (Lipinski definition) is 5. The van der Waals surface area contributed by atoms with Crippen LogP contribution in [0.15, 0.2) is 18.3 Å². The third kappa shape index (κ3) is 5.73. The Morgan fingerprint density at radius 1 is 1.26 bits per heavy atom. The molecule has 1 saturated heterocycles. The number of aliphatic hydroxyl groups is 1. The highest BCUT2D eigenvalue weighted by molar-refractivity contribution is 5.71. The van der Waals surface area contributed by atoms with Gasteiger partial charge < -0.3 is 31.3 Å². The standard InChI is InChI=1S/C20H31N5.CH4O/c1-21-12-17(13-22-2)16-10-15-6-9-25(3)14-19(15)20(11-16)24-18-4-7-23-8-5-18;1-2/h6,10-12,14,18,21-24H,4-5,7-9,13H2,1-3H3;2H,1H3/b17-12+;. The van der Waals surface area contributed by atoms with Crippen LogP contribution in [0.3, 0.4) is 0 Å². The maximum Gasteiger partial charge on any atom is 0.0442 e. The van der Waals surface area contributed by atoms with Crippen LogP contribution in [0.25, 0.3) is 17.8 Å². The Morgan fingerprint density at radius 2 is 2.00 bits per heavy atom. The van der Waals surface area contributed by atoms with Crippen molar-refractivity contribution in [3.8, 4) is 0 Å². The summed E-state index contributed by atoms with van der Waals surface area (Å²) in [6.45, 7) is 4.00. The Bertz CT molecular complexity index is 738. The van der Waals surface area contributed by atoms with E-state index in [0.29, 0.717) is 6.04 Å². The fraction of sp³-hybridized carbons (Fsp3) is 0.524. The number of aliphatic hydroxyl groups excluding tert-OH is 1. The third-order valence-electron chi connectivity index (χ3n) is 4.92. The zero-order chi connectivity index (χ0) is 19.6. The van der Waals surface area contributed by atoms with Gasteiger partial charge in [-0.3, -0.25) is 0 Å². The van der Waals surface area contributed by atoms with Crippen molar-refractivity contribution < 1.29 is 5.11 Å². The van der Waals surface area contributed by atoms with E-state index < -0.39 is 0 Å². The van der Waals surface area contributed by atoms with Crippen LogP contribution in [-0.2, 0) is 0 Å². The molecule has 0 unspecified atom stereocenters. The van der Waals surface area contributed by atoms with E-state index in [4.69, 9.17) is 5.11 Å². The monoisotopic (exact) mass is 373 g/mol. The lowest BCUT2D eigenvalue weighted by molar-refractivity contribution is 0.399. The first kappa shape index (κ1) is 21.3. The smallest absolute Gasteiger partial charge is 0.0442 e. The number of likely N-dealkylation sites (N-methyl/N-ethyl adjacent to an activating group) is 1. The number of fused-ring (bicyclic) bond motifs is 1. The fourth-order valence-electron chi connectivity index (χ4n) is 3.60. The van der Waals surface area contributed by atoms with Crippen LogP contribution in [0.5, 0.6) is 0 Å². The van der Waals surface area contributed by atoms with Gasteiger partial charge in [-0.1, -0.05) is 6.08 Å². The normalized spacial score (nSPS) is 17.1. The van der Waals surface area contributed by atoms with E-state index in [-0.39, 0.29) is 0 Å². The van der Waals surface area contributed by atoms with Crippen molar-refractivity contribution in [2.75, 3.05) is 59.7 Å². The van der Waals surface area contributed by atoms with Gasteiger partial charge in [0.15, 0.2) is 0 Å². The zero-order valence-corrected chi connectivity index (χ0v) is 17.1. The largest absolute Gasteiger partial charge is 0.400 e. The Labute approximate surface area is 163 Å². The van der Waals surface area contributed by atoms with E-state index in [0.717, 1.165) is 33.3 Å². The van der Waals surface area contributed by atoms with Crippen molar-refractivity contribution in [3.63, 3.8) is 0 Å². The number of anilines is 1. The molecule has 6 nitrogen and oxygen atoms in total. The molecule has 3 rings (SSSR count). The van der Waals surface area contributed by atoms with Crippen LogP contribution in [0.2, 0.25) is 0 Å². The first-order valence-corrected chi connectivity index (χ1v) is 9.71. The molecule has 27 heavy (non-hydrogen) atoms. The van der Waals surface area contributed by atoms with Gasteiger partial charge in [0.25, 0.3) is 0 Å². The van der Waals surface area contributed by atoms with Crippen LogP contribution >= 0.6 is 0 Å². The summed E-state index contributed by atoms with van der Waals surface area (Å²) in [5.74, 6) is 0. The molecule has 2 heterocycles. The zero-order valence-electron chi connectivity index (χ0n) is 17.1. The molecule has 150 valence electrons. The third-order valence-corrected chi connectivity index (χ3v) is 4.92. The molecule has 0 bridgehead atoms. The maximum absolute atomic E-state index is 7.00. The molecule has 6 heteroatoms. The predicted octanol–water partition coefficient (Wildman–Crippen LogP) is -0.297. The summed E-state index contributed by atoms with van der Waals surface area (Å²) in [6.07, 6.45) is 9.03. The van der Waals surface area contributed by atoms with Gasteiger partial charge in [-0.15, -0.1) is 0 Å². The van der Waals surface area contributed by atoms with Crippen LogP contribution in [0, 0.1) is 0 Å². The summed E-state index contributed by atoms with van der Waals surface area (Å²) >= 11 is 0. The molecule has 1 aromatic rings. The Hall–Kier alpha value is -2.02. The highest BCUT2D eigenvalue weighted by atomic mass is 16.2. The molecule has 0 aliphatic carbocycles. The van der Waals surface area contributed by atoms with Gasteiger partial charge >= 0.3 is 0 Å². The van der Waals surface area contributed by atoms with Crippen LogP contribution in [0.4, 0.5) is 5.69 Å². The van der Waals surface area contributed by atoms with E-state index in [1.807, 2.05) is 14.1 Å². The van der Waals surface area contributed by atoms with Gasteiger partial charge in [0.1, 0.15) is 0 Å². The Morgan fingerprint density at radius 3 is 2.67 bits per heavy atom. The minimum Gasteiger partial charge on any atom is -0.400 e. The van der Waals surface area contributed by atoms with E-state index in [2.05, 4.69) is 63.8 Å². The number of benzene rings is 1. The average molecular weight is 374 g/mol. The first-order chi connectivity index (χ1) is 13.2. The Kier molecular flexibility index (Phi) is 8.64. The van der Waals surface area contributed by atoms with Crippen LogP contribution < -0.4 is 31.7 Å². The molecule has 0 atom stereocenters. The van der Waals surface area contributed by atoms with Crippen molar-refractivity contribution in [1.29, 1.82) is 0 Å². The summed E-state index contributed by atoms with van der Waals surface area (Å²) < 4.78 is 0. The summed E-state index contributed by atoms with van der Waals surface area (Å²) in [5.41, 5.74) is 3.79. The van der Waals surface area contributed by atoms with Crippen molar-refractivity contribution in [1.82, 2.24) is 20.9 Å². The summed E-state index contributed by atoms with van der Waals surface area (Å²) in [4.78, 5) is 2.24. The highest BCUT2D eigenvalue weighted by Gasteiger charge is 2.15. The molecule has 0 saturated carbocycles. The molecule has 2 aliphatic rings. The number of rotatable bonds is 6. The van der Waals surface area contributed by atoms with Gasteiger partial charge in [0.05, 0.1) is 0 Å². The number of nitrogens with zero attached hydrogens (tertiary/aromatic N) is 1. The number of hydrogen-bond acceptors (Lipinski definition) is 6. The molecular formula is C21H35N5O. The molecule has 1 aromatic carbocycles. The minimum atomic E-state index is 0.544. The highest BCUT2D eigenvalue weighted by Crippen LogP contribution is 2.17. The number of nitrogens with one attached hydrogen (secondary N) is 4. The molecule has 5 N–H and O–H groups in total. The molecule has 0 spiro atoms. The van der Waals surface area contributed by atoms with Crippen LogP contribution in [0.1, 0.15) is 18.4 Å². The molecule has 0 aromatic heterocycles. The van der Waals surface area contributed by atoms with Gasteiger partial charge in [-0.05, 0) is 61.5 Å². The van der Waals surface area contributed by atoms with Crippen molar-refractivity contribution in [3.05, 3.63) is 34.3 Å². The number of piperidine rings is 1.